The van der Waals surface area contributed by atoms with Crippen LogP contribution in [0.15, 0.2) is 18.2 Å². The number of benzene rings is 1. The SMILES string of the molecule is CC(C)(C)NC(=O)Nc1ccc(F)cc1CN. The molecule has 94 valence electrons. The number of halogens is 1. The fourth-order valence-corrected chi connectivity index (χ4v) is 1.35. The second kappa shape index (κ2) is 5.14. The molecule has 0 radical (unpaired) electrons. The van der Waals surface area contributed by atoms with Crippen LogP contribution in [0.25, 0.3) is 0 Å². The van der Waals surface area contributed by atoms with Crippen LogP contribution in [0.2, 0.25) is 0 Å². The summed E-state index contributed by atoms with van der Waals surface area (Å²) >= 11 is 0. The Labute approximate surface area is 100 Å². The van der Waals surface area contributed by atoms with Crippen LogP contribution < -0.4 is 16.4 Å². The average Bonchev–Trinajstić information content (AvgIpc) is 2.17. The first-order chi connectivity index (χ1) is 7.81. The smallest absolute Gasteiger partial charge is 0.319 e. The fraction of sp³-hybridized carbons (Fsp3) is 0.417. The van der Waals surface area contributed by atoms with Gasteiger partial charge in [0.15, 0.2) is 0 Å². The number of urea groups is 1. The Bertz CT molecular complexity index is 413. The van der Waals surface area contributed by atoms with Crippen molar-refractivity contribution in [2.24, 2.45) is 5.73 Å². The molecule has 0 saturated carbocycles. The number of amides is 2. The number of anilines is 1. The molecule has 4 N–H and O–H groups in total. The molecule has 0 bridgehead atoms. The third-order valence-electron chi connectivity index (χ3n) is 2.02. The predicted octanol–water partition coefficient (Wildman–Crippen LogP) is 2.20. The molecule has 1 aromatic carbocycles. The standard InChI is InChI=1S/C12H18FN3O/c1-12(2,3)16-11(17)15-10-5-4-9(13)6-8(10)7-14/h4-6H,7,14H2,1-3H3,(H2,15,16,17). The van der Waals surface area contributed by atoms with Crippen molar-refractivity contribution in [3.8, 4) is 0 Å². The molecule has 0 unspecified atom stereocenters. The number of carbonyl (C=O) groups is 1. The molecule has 0 atom stereocenters. The summed E-state index contributed by atoms with van der Waals surface area (Å²) in [5, 5.41) is 5.40. The van der Waals surface area contributed by atoms with Gasteiger partial charge < -0.3 is 16.4 Å². The van der Waals surface area contributed by atoms with Gasteiger partial charge >= 0.3 is 6.03 Å². The van der Waals surface area contributed by atoms with Crippen molar-refractivity contribution in [3.63, 3.8) is 0 Å². The molecular formula is C12H18FN3O. The molecule has 4 nitrogen and oxygen atoms in total. The minimum absolute atomic E-state index is 0.170. The van der Waals surface area contributed by atoms with E-state index < -0.39 is 0 Å². The van der Waals surface area contributed by atoms with Crippen LogP contribution in [-0.4, -0.2) is 11.6 Å². The molecule has 2 amide bonds. The zero-order chi connectivity index (χ0) is 13.1. The number of carbonyl (C=O) groups excluding carboxylic acids is 1. The number of rotatable bonds is 2. The Morgan fingerprint density at radius 3 is 2.59 bits per heavy atom. The number of hydrogen-bond donors (Lipinski definition) is 3. The van der Waals surface area contributed by atoms with Gasteiger partial charge in [0.25, 0.3) is 0 Å². The monoisotopic (exact) mass is 239 g/mol. The Morgan fingerprint density at radius 1 is 1.41 bits per heavy atom. The lowest BCUT2D eigenvalue weighted by molar-refractivity contribution is 0.244. The molecule has 1 aromatic rings. The molecular weight excluding hydrogens is 221 g/mol. The molecule has 17 heavy (non-hydrogen) atoms. The zero-order valence-corrected chi connectivity index (χ0v) is 10.3. The van der Waals surface area contributed by atoms with E-state index in [1.807, 2.05) is 20.8 Å². The first-order valence-electron chi connectivity index (χ1n) is 5.39. The quantitative estimate of drug-likeness (QED) is 0.740. The third kappa shape index (κ3) is 4.40. The second-order valence-corrected chi connectivity index (χ2v) is 4.83. The van der Waals surface area contributed by atoms with E-state index >= 15 is 0 Å². The number of hydrogen-bond acceptors (Lipinski definition) is 2. The minimum atomic E-state index is -0.368. The van der Waals surface area contributed by atoms with Gasteiger partial charge in [-0.05, 0) is 44.5 Å². The minimum Gasteiger partial charge on any atom is -0.333 e. The molecule has 5 heteroatoms. The first-order valence-corrected chi connectivity index (χ1v) is 5.39. The van der Waals surface area contributed by atoms with Crippen molar-refractivity contribution in [3.05, 3.63) is 29.6 Å². The molecule has 0 fully saturated rings. The van der Waals surface area contributed by atoms with Crippen molar-refractivity contribution in [1.82, 2.24) is 5.32 Å². The van der Waals surface area contributed by atoms with Crippen LogP contribution in [0.4, 0.5) is 14.9 Å². The van der Waals surface area contributed by atoms with Crippen LogP contribution in [-0.2, 0) is 6.54 Å². The zero-order valence-electron chi connectivity index (χ0n) is 10.3. The van der Waals surface area contributed by atoms with Crippen LogP contribution in [0.5, 0.6) is 0 Å². The summed E-state index contributed by atoms with van der Waals surface area (Å²) in [7, 11) is 0. The van der Waals surface area contributed by atoms with E-state index in [0.717, 1.165) is 0 Å². The lowest BCUT2D eigenvalue weighted by Crippen LogP contribution is -2.43. The summed E-state index contributed by atoms with van der Waals surface area (Å²) in [5.41, 5.74) is 6.25. The molecule has 0 spiro atoms. The van der Waals surface area contributed by atoms with Gasteiger partial charge in [0.2, 0.25) is 0 Å². The highest BCUT2D eigenvalue weighted by molar-refractivity contribution is 5.90. The van der Waals surface area contributed by atoms with E-state index in [1.54, 1.807) is 0 Å². The van der Waals surface area contributed by atoms with Crippen LogP contribution in [0.1, 0.15) is 26.3 Å². The van der Waals surface area contributed by atoms with E-state index in [4.69, 9.17) is 5.73 Å². The highest BCUT2D eigenvalue weighted by Crippen LogP contribution is 2.16. The molecule has 0 saturated heterocycles. The van der Waals surface area contributed by atoms with Crippen molar-refractivity contribution in [2.75, 3.05) is 5.32 Å². The van der Waals surface area contributed by atoms with Gasteiger partial charge in [-0.25, -0.2) is 9.18 Å². The number of nitrogens with one attached hydrogen (secondary N) is 2. The Kier molecular flexibility index (Phi) is 4.07. The van der Waals surface area contributed by atoms with Crippen molar-refractivity contribution in [1.29, 1.82) is 0 Å². The molecule has 0 heterocycles. The van der Waals surface area contributed by atoms with Crippen LogP contribution in [0.3, 0.4) is 0 Å². The van der Waals surface area contributed by atoms with Gasteiger partial charge in [-0.2, -0.15) is 0 Å². The fourth-order valence-electron chi connectivity index (χ4n) is 1.35. The lowest BCUT2D eigenvalue weighted by Gasteiger charge is -2.21. The summed E-state index contributed by atoms with van der Waals surface area (Å²) in [4.78, 5) is 11.6. The van der Waals surface area contributed by atoms with Gasteiger partial charge in [0.05, 0.1) is 0 Å². The Morgan fingerprint density at radius 2 is 2.06 bits per heavy atom. The summed E-state index contributed by atoms with van der Waals surface area (Å²) in [5.74, 6) is -0.368. The van der Waals surface area contributed by atoms with E-state index in [2.05, 4.69) is 10.6 Å². The summed E-state index contributed by atoms with van der Waals surface area (Å²) < 4.78 is 13.0. The van der Waals surface area contributed by atoms with Crippen LogP contribution in [0, 0.1) is 5.82 Å². The van der Waals surface area contributed by atoms with E-state index in [1.165, 1.54) is 18.2 Å². The lowest BCUT2D eigenvalue weighted by atomic mass is 10.1. The van der Waals surface area contributed by atoms with Crippen molar-refractivity contribution in [2.45, 2.75) is 32.9 Å². The Balaban J connectivity index is 2.78. The predicted molar refractivity (Wildman–Crippen MR) is 66.2 cm³/mol. The third-order valence-corrected chi connectivity index (χ3v) is 2.02. The van der Waals surface area contributed by atoms with Gasteiger partial charge in [-0.15, -0.1) is 0 Å². The summed E-state index contributed by atoms with van der Waals surface area (Å²) in [6.45, 7) is 5.80. The van der Waals surface area contributed by atoms with E-state index in [0.29, 0.717) is 11.3 Å². The van der Waals surface area contributed by atoms with Gasteiger partial charge in [-0.3, -0.25) is 0 Å². The molecule has 0 aliphatic heterocycles. The second-order valence-electron chi connectivity index (χ2n) is 4.83. The van der Waals surface area contributed by atoms with Crippen LogP contribution >= 0.6 is 0 Å². The molecule has 0 aliphatic carbocycles. The van der Waals surface area contributed by atoms with Gasteiger partial charge in [0, 0.05) is 17.8 Å². The molecule has 0 aliphatic rings. The van der Waals surface area contributed by atoms with Crippen molar-refractivity contribution >= 4 is 11.7 Å². The van der Waals surface area contributed by atoms with E-state index in [-0.39, 0.29) is 23.9 Å². The highest BCUT2D eigenvalue weighted by Gasteiger charge is 2.14. The average molecular weight is 239 g/mol. The highest BCUT2D eigenvalue weighted by atomic mass is 19.1. The largest absolute Gasteiger partial charge is 0.333 e. The van der Waals surface area contributed by atoms with E-state index in [9.17, 15) is 9.18 Å². The molecule has 1 rings (SSSR count). The van der Waals surface area contributed by atoms with Gasteiger partial charge in [-0.1, -0.05) is 0 Å². The van der Waals surface area contributed by atoms with Gasteiger partial charge in [0.1, 0.15) is 5.82 Å². The maximum Gasteiger partial charge on any atom is 0.319 e. The normalized spacial score (nSPS) is 11.1. The maximum atomic E-state index is 13.0. The topological polar surface area (TPSA) is 67.2 Å². The van der Waals surface area contributed by atoms with Crippen molar-refractivity contribution < 1.29 is 9.18 Å². The number of nitrogens with two attached hydrogens (primary N) is 1. The first kappa shape index (κ1) is 13.4. The summed E-state index contributed by atoms with van der Waals surface area (Å²) in [6.07, 6.45) is 0. The summed E-state index contributed by atoms with van der Waals surface area (Å²) in [6, 6.07) is 3.76. The Hall–Kier alpha value is -1.62. The maximum absolute atomic E-state index is 13.0. The molecule has 0 aromatic heterocycles.